The monoisotopic (exact) mass is 395 g/mol. The summed E-state index contributed by atoms with van der Waals surface area (Å²) in [7, 11) is 0. The van der Waals surface area contributed by atoms with Crippen molar-refractivity contribution in [3.8, 4) is 0 Å². The van der Waals surface area contributed by atoms with Gasteiger partial charge in [-0.3, -0.25) is 0 Å². The van der Waals surface area contributed by atoms with Crippen molar-refractivity contribution < 1.29 is 9.47 Å². The Bertz CT molecular complexity index is 813. The smallest absolute Gasteiger partial charge is 0.184 e. The van der Waals surface area contributed by atoms with Crippen molar-refractivity contribution in [2.75, 3.05) is 18.1 Å². The molecule has 0 amide bonds. The van der Waals surface area contributed by atoms with Gasteiger partial charge in [-0.05, 0) is 48.5 Å². The minimum absolute atomic E-state index is 0.244. The summed E-state index contributed by atoms with van der Waals surface area (Å²) in [4.78, 5) is 2.23. The lowest BCUT2D eigenvalue weighted by molar-refractivity contribution is -0.0441. The number of hydrogen-bond acceptors (Lipinski definition) is 3. The zero-order valence-electron chi connectivity index (χ0n) is 13.6. The highest BCUT2D eigenvalue weighted by Crippen LogP contribution is 2.35. The Morgan fingerprint density at radius 1 is 0.680 bits per heavy atom. The SMILES string of the molecule is Brc1ccc(N(c2ccccc2)c2ccc(C3OCCO3)cc2)cc1. The first-order valence-electron chi connectivity index (χ1n) is 8.25. The van der Waals surface area contributed by atoms with Crippen molar-refractivity contribution in [3.05, 3.63) is 88.9 Å². The molecule has 0 radical (unpaired) electrons. The minimum Gasteiger partial charge on any atom is -0.346 e. The van der Waals surface area contributed by atoms with E-state index < -0.39 is 0 Å². The summed E-state index contributed by atoms with van der Waals surface area (Å²) in [5, 5.41) is 0. The maximum atomic E-state index is 5.58. The van der Waals surface area contributed by atoms with Crippen molar-refractivity contribution in [1.82, 2.24) is 0 Å². The molecule has 1 aliphatic rings. The van der Waals surface area contributed by atoms with E-state index in [-0.39, 0.29) is 6.29 Å². The molecule has 1 fully saturated rings. The molecular weight excluding hydrogens is 378 g/mol. The van der Waals surface area contributed by atoms with Crippen molar-refractivity contribution in [1.29, 1.82) is 0 Å². The van der Waals surface area contributed by atoms with Crippen LogP contribution in [0.2, 0.25) is 0 Å². The van der Waals surface area contributed by atoms with Crippen molar-refractivity contribution >= 4 is 33.0 Å². The normalized spacial score (nSPS) is 14.6. The molecule has 3 aromatic rings. The molecular formula is C21H18BrNO2. The summed E-state index contributed by atoms with van der Waals surface area (Å²) in [5.41, 5.74) is 4.36. The first kappa shape index (κ1) is 16.3. The number of benzene rings is 3. The lowest BCUT2D eigenvalue weighted by Gasteiger charge is -2.26. The van der Waals surface area contributed by atoms with Crippen LogP contribution in [-0.2, 0) is 9.47 Å². The van der Waals surface area contributed by atoms with Crippen LogP contribution in [0.1, 0.15) is 11.9 Å². The Kier molecular flexibility index (Phi) is 4.83. The van der Waals surface area contributed by atoms with Gasteiger partial charge in [-0.2, -0.15) is 0 Å². The molecule has 0 N–H and O–H groups in total. The first-order chi connectivity index (χ1) is 12.3. The number of nitrogens with zero attached hydrogens (tertiary/aromatic N) is 1. The molecule has 0 aromatic heterocycles. The first-order valence-corrected chi connectivity index (χ1v) is 9.04. The van der Waals surface area contributed by atoms with Gasteiger partial charge in [-0.15, -0.1) is 0 Å². The van der Waals surface area contributed by atoms with E-state index in [1.54, 1.807) is 0 Å². The molecule has 0 unspecified atom stereocenters. The van der Waals surface area contributed by atoms with E-state index in [4.69, 9.17) is 9.47 Å². The van der Waals surface area contributed by atoms with E-state index in [2.05, 4.69) is 93.6 Å². The summed E-state index contributed by atoms with van der Waals surface area (Å²) < 4.78 is 12.2. The van der Waals surface area contributed by atoms with Crippen LogP contribution in [0, 0.1) is 0 Å². The minimum atomic E-state index is -0.244. The van der Waals surface area contributed by atoms with Crippen LogP contribution in [0.15, 0.2) is 83.3 Å². The van der Waals surface area contributed by atoms with Crippen LogP contribution in [0.4, 0.5) is 17.1 Å². The Hall–Kier alpha value is -2.14. The molecule has 1 aliphatic heterocycles. The lowest BCUT2D eigenvalue weighted by Crippen LogP contribution is -2.10. The van der Waals surface area contributed by atoms with E-state index in [1.807, 2.05) is 6.07 Å². The average molecular weight is 396 g/mol. The van der Waals surface area contributed by atoms with Crippen LogP contribution in [-0.4, -0.2) is 13.2 Å². The summed E-state index contributed by atoms with van der Waals surface area (Å²) in [6.45, 7) is 1.31. The topological polar surface area (TPSA) is 21.7 Å². The molecule has 4 heteroatoms. The quantitative estimate of drug-likeness (QED) is 0.543. The Labute approximate surface area is 155 Å². The third-order valence-electron chi connectivity index (χ3n) is 4.14. The van der Waals surface area contributed by atoms with Gasteiger partial charge in [0, 0.05) is 27.1 Å². The van der Waals surface area contributed by atoms with Crippen LogP contribution in [0.25, 0.3) is 0 Å². The molecule has 4 rings (SSSR count). The van der Waals surface area contributed by atoms with E-state index in [9.17, 15) is 0 Å². The van der Waals surface area contributed by atoms with Crippen LogP contribution in [0.3, 0.4) is 0 Å². The van der Waals surface area contributed by atoms with E-state index in [1.165, 1.54) is 0 Å². The van der Waals surface area contributed by atoms with E-state index >= 15 is 0 Å². The van der Waals surface area contributed by atoms with Crippen molar-refractivity contribution in [3.63, 3.8) is 0 Å². The number of anilines is 3. The fourth-order valence-electron chi connectivity index (χ4n) is 2.95. The zero-order chi connectivity index (χ0) is 17.1. The fraction of sp³-hybridized carbons (Fsp3) is 0.143. The number of hydrogen-bond donors (Lipinski definition) is 0. The summed E-state index contributed by atoms with van der Waals surface area (Å²) >= 11 is 3.51. The van der Waals surface area contributed by atoms with Gasteiger partial charge in [0.2, 0.25) is 0 Å². The zero-order valence-corrected chi connectivity index (χ0v) is 15.2. The molecule has 25 heavy (non-hydrogen) atoms. The van der Waals surface area contributed by atoms with Crippen molar-refractivity contribution in [2.24, 2.45) is 0 Å². The van der Waals surface area contributed by atoms with Crippen LogP contribution < -0.4 is 4.90 Å². The van der Waals surface area contributed by atoms with Gasteiger partial charge in [0.1, 0.15) is 0 Å². The summed E-state index contributed by atoms with van der Waals surface area (Å²) in [6.07, 6.45) is -0.244. The van der Waals surface area contributed by atoms with Gasteiger partial charge in [0.25, 0.3) is 0 Å². The van der Waals surface area contributed by atoms with Gasteiger partial charge in [0.15, 0.2) is 6.29 Å². The van der Waals surface area contributed by atoms with Crippen molar-refractivity contribution in [2.45, 2.75) is 6.29 Å². The molecule has 3 nitrogen and oxygen atoms in total. The van der Waals surface area contributed by atoms with E-state index in [0.717, 1.165) is 27.1 Å². The highest BCUT2D eigenvalue weighted by molar-refractivity contribution is 9.10. The third-order valence-corrected chi connectivity index (χ3v) is 4.67. The molecule has 0 atom stereocenters. The molecule has 0 spiro atoms. The molecule has 0 saturated carbocycles. The van der Waals surface area contributed by atoms with Gasteiger partial charge >= 0.3 is 0 Å². The third kappa shape index (κ3) is 3.61. The van der Waals surface area contributed by atoms with E-state index in [0.29, 0.717) is 13.2 Å². The molecule has 126 valence electrons. The molecule has 1 saturated heterocycles. The molecule has 0 bridgehead atoms. The lowest BCUT2D eigenvalue weighted by atomic mass is 10.1. The largest absolute Gasteiger partial charge is 0.346 e. The fourth-order valence-corrected chi connectivity index (χ4v) is 3.21. The van der Waals surface area contributed by atoms with Gasteiger partial charge in [-0.1, -0.05) is 46.3 Å². The number of rotatable bonds is 4. The van der Waals surface area contributed by atoms with Crippen LogP contribution in [0.5, 0.6) is 0 Å². The maximum Gasteiger partial charge on any atom is 0.184 e. The molecule has 1 heterocycles. The Balaban J connectivity index is 1.71. The predicted molar refractivity (Wildman–Crippen MR) is 103 cm³/mol. The maximum absolute atomic E-state index is 5.58. The number of halogens is 1. The highest BCUT2D eigenvalue weighted by atomic mass is 79.9. The van der Waals surface area contributed by atoms with Gasteiger partial charge in [-0.25, -0.2) is 0 Å². The second kappa shape index (κ2) is 7.40. The summed E-state index contributed by atoms with van der Waals surface area (Å²) in [6, 6.07) is 27.0. The van der Waals surface area contributed by atoms with Gasteiger partial charge in [0.05, 0.1) is 13.2 Å². The molecule has 0 aliphatic carbocycles. The Morgan fingerprint density at radius 3 is 1.80 bits per heavy atom. The molecule has 3 aromatic carbocycles. The van der Waals surface area contributed by atoms with Gasteiger partial charge < -0.3 is 14.4 Å². The number of para-hydroxylation sites is 1. The van der Waals surface area contributed by atoms with Crippen LogP contribution >= 0.6 is 15.9 Å². The summed E-state index contributed by atoms with van der Waals surface area (Å²) in [5.74, 6) is 0. The average Bonchev–Trinajstić information content (AvgIpc) is 3.20. The highest BCUT2D eigenvalue weighted by Gasteiger charge is 2.19. The predicted octanol–water partition coefficient (Wildman–Crippen LogP) is 5.96. The second-order valence-electron chi connectivity index (χ2n) is 5.81. The Morgan fingerprint density at radius 2 is 1.20 bits per heavy atom. The second-order valence-corrected chi connectivity index (χ2v) is 6.73. The standard InChI is InChI=1S/C21H18BrNO2/c22-17-8-12-20(13-9-17)23(18-4-2-1-3-5-18)19-10-6-16(7-11-19)21-24-14-15-25-21/h1-13,21H,14-15H2. The number of ether oxygens (including phenoxy) is 2.